The molecule has 0 saturated carbocycles. The first-order chi connectivity index (χ1) is 8.10. The van der Waals surface area contributed by atoms with E-state index in [9.17, 15) is 8.42 Å². The maximum absolute atomic E-state index is 11.7. The number of benzene rings is 1. The van der Waals surface area contributed by atoms with Crippen molar-refractivity contribution in [2.24, 2.45) is 0 Å². The van der Waals surface area contributed by atoms with E-state index in [1.54, 1.807) is 24.3 Å². The standard InChI is InChI=1S/C11H14BrNO3S/c1-2-9-16-13-17(14,15)11-5-3-10(4-6-11)7-8-12/h2-6,13H,1,7-9H2. The van der Waals surface area contributed by atoms with Gasteiger partial charge in [0.25, 0.3) is 10.0 Å². The van der Waals surface area contributed by atoms with Crippen LogP contribution in [0.5, 0.6) is 0 Å². The number of aryl methyl sites for hydroxylation is 1. The van der Waals surface area contributed by atoms with E-state index in [2.05, 4.69) is 22.5 Å². The van der Waals surface area contributed by atoms with E-state index in [0.29, 0.717) is 0 Å². The number of sulfonamides is 1. The van der Waals surface area contributed by atoms with Crippen molar-refractivity contribution >= 4 is 26.0 Å². The van der Waals surface area contributed by atoms with Gasteiger partial charge in [0.1, 0.15) is 0 Å². The summed E-state index contributed by atoms with van der Waals surface area (Å²) >= 11 is 3.33. The minimum Gasteiger partial charge on any atom is -0.283 e. The predicted octanol–water partition coefficient (Wildman–Crippen LogP) is 2.02. The summed E-state index contributed by atoms with van der Waals surface area (Å²) in [6, 6.07) is 6.67. The largest absolute Gasteiger partial charge is 0.283 e. The van der Waals surface area contributed by atoms with Crippen LogP contribution in [-0.2, 0) is 21.3 Å². The fraction of sp³-hybridized carbons (Fsp3) is 0.273. The van der Waals surface area contributed by atoms with Crippen molar-refractivity contribution in [3.63, 3.8) is 0 Å². The van der Waals surface area contributed by atoms with Crippen LogP contribution in [0, 0.1) is 0 Å². The molecule has 1 rings (SSSR count). The summed E-state index contributed by atoms with van der Waals surface area (Å²) in [7, 11) is -3.60. The third-order valence-electron chi connectivity index (χ3n) is 1.99. The van der Waals surface area contributed by atoms with Crippen LogP contribution >= 0.6 is 15.9 Å². The Morgan fingerprint density at radius 2 is 2.00 bits per heavy atom. The monoisotopic (exact) mass is 319 g/mol. The molecule has 0 aliphatic carbocycles. The lowest BCUT2D eigenvalue weighted by molar-refractivity contribution is 0.119. The highest BCUT2D eigenvalue weighted by molar-refractivity contribution is 9.09. The fourth-order valence-corrected chi connectivity index (χ4v) is 2.43. The lowest BCUT2D eigenvalue weighted by atomic mass is 10.2. The SMILES string of the molecule is C=CCONS(=O)(=O)c1ccc(CCBr)cc1. The third-order valence-corrected chi connectivity index (χ3v) is 3.61. The molecule has 17 heavy (non-hydrogen) atoms. The van der Waals surface area contributed by atoms with Gasteiger partial charge in [-0.25, -0.2) is 8.42 Å². The molecule has 0 unspecified atom stereocenters. The molecule has 4 nitrogen and oxygen atoms in total. The van der Waals surface area contributed by atoms with Crippen molar-refractivity contribution in [3.8, 4) is 0 Å². The molecule has 0 fully saturated rings. The third kappa shape index (κ3) is 4.59. The maximum atomic E-state index is 11.7. The van der Waals surface area contributed by atoms with Gasteiger partial charge in [-0.3, -0.25) is 4.84 Å². The average Bonchev–Trinajstić information content (AvgIpc) is 2.30. The molecule has 0 atom stereocenters. The maximum Gasteiger partial charge on any atom is 0.262 e. The van der Waals surface area contributed by atoms with E-state index in [1.165, 1.54) is 6.08 Å². The lowest BCUT2D eigenvalue weighted by Crippen LogP contribution is -2.24. The number of hydrogen-bond acceptors (Lipinski definition) is 3. The van der Waals surface area contributed by atoms with Crippen LogP contribution < -0.4 is 4.89 Å². The molecule has 0 amide bonds. The molecule has 0 bridgehead atoms. The van der Waals surface area contributed by atoms with Gasteiger partial charge in [0.2, 0.25) is 0 Å². The zero-order valence-corrected chi connectivity index (χ0v) is 11.6. The smallest absolute Gasteiger partial charge is 0.262 e. The van der Waals surface area contributed by atoms with E-state index in [1.807, 2.05) is 4.89 Å². The summed E-state index contributed by atoms with van der Waals surface area (Å²) in [5.41, 5.74) is 1.08. The zero-order chi connectivity index (χ0) is 12.7. The Kier molecular flexibility index (Phi) is 5.84. The second-order valence-corrected chi connectivity index (χ2v) is 5.71. The summed E-state index contributed by atoms with van der Waals surface area (Å²) in [4.78, 5) is 6.92. The van der Waals surface area contributed by atoms with Crippen molar-refractivity contribution < 1.29 is 13.3 Å². The number of halogens is 1. The molecular weight excluding hydrogens is 306 g/mol. The van der Waals surface area contributed by atoms with Crippen molar-refractivity contribution in [2.45, 2.75) is 11.3 Å². The summed E-state index contributed by atoms with van der Waals surface area (Å²) in [5.74, 6) is 0. The Balaban J connectivity index is 2.74. The molecule has 0 aromatic heterocycles. The van der Waals surface area contributed by atoms with E-state index in [4.69, 9.17) is 4.84 Å². The van der Waals surface area contributed by atoms with E-state index in [0.717, 1.165) is 17.3 Å². The van der Waals surface area contributed by atoms with Gasteiger partial charge in [-0.1, -0.05) is 39.0 Å². The van der Waals surface area contributed by atoms with Gasteiger partial charge in [0.05, 0.1) is 11.5 Å². The lowest BCUT2D eigenvalue weighted by Gasteiger charge is -2.06. The van der Waals surface area contributed by atoms with Crippen molar-refractivity contribution in [1.29, 1.82) is 0 Å². The van der Waals surface area contributed by atoms with Crippen LogP contribution in [0.3, 0.4) is 0 Å². The van der Waals surface area contributed by atoms with Crippen LogP contribution in [-0.4, -0.2) is 20.4 Å². The first-order valence-electron chi connectivity index (χ1n) is 4.99. The fourth-order valence-electron chi connectivity index (χ4n) is 1.16. The summed E-state index contributed by atoms with van der Waals surface area (Å²) < 4.78 is 23.4. The van der Waals surface area contributed by atoms with E-state index < -0.39 is 10.0 Å². The van der Waals surface area contributed by atoms with E-state index in [-0.39, 0.29) is 11.5 Å². The first-order valence-corrected chi connectivity index (χ1v) is 7.60. The molecule has 0 spiro atoms. The van der Waals surface area contributed by atoms with Crippen LogP contribution in [0.4, 0.5) is 0 Å². The van der Waals surface area contributed by atoms with Crippen LogP contribution in [0.15, 0.2) is 41.8 Å². The Bertz CT molecular complexity index is 456. The van der Waals surface area contributed by atoms with Gasteiger partial charge in [-0.15, -0.1) is 6.58 Å². The predicted molar refractivity (Wildman–Crippen MR) is 70.4 cm³/mol. The van der Waals surface area contributed by atoms with Gasteiger partial charge in [0, 0.05) is 5.33 Å². The van der Waals surface area contributed by atoms with Gasteiger partial charge in [0.15, 0.2) is 0 Å². The van der Waals surface area contributed by atoms with Gasteiger partial charge in [-0.2, -0.15) is 0 Å². The van der Waals surface area contributed by atoms with Gasteiger partial charge < -0.3 is 0 Å². The molecule has 0 heterocycles. The number of nitrogens with one attached hydrogen (secondary N) is 1. The van der Waals surface area contributed by atoms with Crippen LogP contribution in [0.25, 0.3) is 0 Å². The van der Waals surface area contributed by atoms with Gasteiger partial charge >= 0.3 is 0 Å². The first kappa shape index (κ1) is 14.4. The number of alkyl halides is 1. The second kappa shape index (κ2) is 6.90. The highest BCUT2D eigenvalue weighted by Gasteiger charge is 2.13. The Labute approximate surface area is 110 Å². The zero-order valence-electron chi connectivity index (χ0n) is 9.23. The topological polar surface area (TPSA) is 55.4 Å². The molecule has 0 saturated heterocycles. The molecule has 0 radical (unpaired) electrons. The van der Waals surface area contributed by atoms with Crippen molar-refractivity contribution in [1.82, 2.24) is 4.89 Å². The molecule has 1 N–H and O–H groups in total. The normalized spacial score (nSPS) is 11.4. The van der Waals surface area contributed by atoms with E-state index >= 15 is 0 Å². The number of rotatable bonds is 7. The highest BCUT2D eigenvalue weighted by Crippen LogP contribution is 2.11. The molecule has 0 aliphatic rings. The minimum atomic E-state index is -3.60. The average molecular weight is 320 g/mol. The molecule has 0 aliphatic heterocycles. The van der Waals surface area contributed by atoms with Crippen LogP contribution in [0.1, 0.15) is 5.56 Å². The summed E-state index contributed by atoms with van der Waals surface area (Å²) in [6.07, 6.45) is 2.32. The highest BCUT2D eigenvalue weighted by atomic mass is 79.9. The quantitative estimate of drug-likeness (QED) is 0.362. The van der Waals surface area contributed by atoms with Crippen LogP contribution in [0.2, 0.25) is 0 Å². The Morgan fingerprint density at radius 1 is 1.35 bits per heavy atom. The van der Waals surface area contributed by atoms with Gasteiger partial charge in [-0.05, 0) is 24.1 Å². The minimum absolute atomic E-state index is 0.126. The molecule has 1 aromatic rings. The molecule has 94 valence electrons. The molecular formula is C11H14BrNO3S. The second-order valence-electron chi connectivity index (χ2n) is 3.27. The summed E-state index contributed by atoms with van der Waals surface area (Å²) in [5, 5.41) is 0.847. The van der Waals surface area contributed by atoms with Crippen molar-refractivity contribution in [2.75, 3.05) is 11.9 Å². The Hall–Kier alpha value is -0.690. The Morgan fingerprint density at radius 3 is 2.53 bits per heavy atom. The molecule has 1 aromatic carbocycles. The molecule has 6 heteroatoms. The number of hydrogen-bond donors (Lipinski definition) is 1. The van der Waals surface area contributed by atoms with Crippen molar-refractivity contribution in [3.05, 3.63) is 42.5 Å². The summed E-state index contributed by atoms with van der Waals surface area (Å²) in [6.45, 7) is 3.55.